The van der Waals surface area contributed by atoms with Crippen LogP contribution in [0.15, 0.2) is 24.3 Å². The van der Waals surface area contributed by atoms with Gasteiger partial charge in [0.25, 0.3) is 0 Å². The number of amides is 2. The molecule has 0 saturated heterocycles. The van der Waals surface area contributed by atoms with Gasteiger partial charge in [-0.25, -0.2) is 0 Å². The van der Waals surface area contributed by atoms with E-state index in [9.17, 15) is 9.59 Å². The zero-order valence-electron chi connectivity index (χ0n) is 16.1. The van der Waals surface area contributed by atoms with E-state index < -0.39 is 0 Å². The van der Waals surface area contributed by atoms with Crippen molar-refractivity contribution in [3.05, 3.63) is 24.3 Å². The van der Waals surface area contributed by atoms with Gasteiger partial charge in [-0.05, 0) is 87.0 Å². The quantitative estimate of drug-likeness (QED) is 0.719. The first-order chi connectivity index (χ1) is 13.1. The predicted octanol–water partition coefficient (Wildman–Crippen LogP) is 3.75. The Hall–Kier alpha value is -2.04. The van der Waals surface area contributed by atoms with Crippen molar-refractivity contribution in [3.63, 3.8) is 0 Å². The van der Waals surface area contributed by atoms with Gasteiger partial charge in [-0.2, -0.15) is 0 Å². The third kappa shape index (κ3) is 3.97. The lowest BCUT2D eigenvalue weighted by Gasteiger charge is -2.55. The molecule has 0 spiro atoms. The first-order valence-electron chi connectivity index (χ1n) is 10.3. The molecule has 5 heteroatoms. The van der Waals surface area contributed by atoms with E-state index in [-0.39, 0.29) is 17.2 Å². The second kappa shape index (κ2) is 7.53. The number of rotatable bonds is 7. The van der Waals surface area contributed by atoms with Crippen LogP contribution in [0.3, 0.4) is 0 Å². The maximum atomic E-state index is 12.9. The molecule has 4 fully saturated rings. The molecule has 4 aliphatic carbocycles. The zero-order chi connectivity index (χ0) is 18.9. The number of anilines is 1. The van der Waals surface area contributed by atoms with Gasteiger partial charge in [0.2, 0.25) is 11.8 Å². The molecule has 0 radical (unpaired) electrons. The number of benzene rings is 1. The van der Waals surface area contributed by atoms with Gasteiger partial charge in [-0.15, -0.1) is 0 Å². The summed E-state index contributed by atoms with van der Waals surface area (Å²) < 4.78 is 5.11. The van der Waals surface area contributed by atoms with E-state index in [0.717, 1.165) is 48.5 Å². The Morgan fingerprint density at radius 2 is 1.63 bits per heavy atom. The Morgan fingerprint density at radius 3 is 2.19 bits per heavy atom. The lowest BCUT2D eigenvalue weighted by Crippen LogP contribution is -2.53. The molecule has 1 aromatic carbocycles. The normalized spacial score (nSPS) is 30.8. The number of hydrogen-bond donors (Lipinski definition) is 2. The summed E-state index contributed by atoms with van der Waals surface area (Å²) in [6.07, 6.45) is 8.37. The molecular formula is C22H30N2O3. The molecule has 0 aliphatic heterocycles. The Kier molecular flexibility index (Phi) is 5.11. The van der Waals surface area contributed by atoms with E-state index in [4.69, 9.17) is 4.74 Å². The van der Waals surface area contributed by atoms with Crippen molar-refractivity contribution in [2.24, 2.45) is 23.2 Å². The summed E-state index contributed by atoms with van der Waals surface area (Å²) in [4.78, 5) is 24.9. The van der Waals surface area contributed by atoms with Crippen LogP contribution in [0.2, 0.25) is 0 Å². The molecule has 0 aromatic heterocycles. The Morgan fingerprint density at radius 1 is 1.04 bits per heavy atom. The van der Waals surface area contributed by atoms with Gasteiger partial charge in [-0.3, -0.25) is 9.59 Å². The molecule has 2 amide bonds. The van der Waals surface area contributed by atoms with Gasteiger partial charge in [-0.1, -0.05) is 0 Å². The van der Waals surface area contributed by atoms with Crippen LogP contribution in [-0.4, -0.2) is 25.5 Å². The van der Waals surface area contributed by atoms with E-state index in [1.54, 1.807) is 7.11 Å². The fourth-order valence-electron chi connectivity index (χ4n) is 5.92. The molecule has 146 valence electrons. The molecule has 1 aromatic rings. The zero-order valence-corrected chi connectivity index (χ0v) is 16.1. The van der Waals surface area contributed by atoms with E-state index in [0.29, 0.717) is 19.4 Å². The minimum absolute atomic E-state index is 0.0239. The van der Waals surface area contributed by atoms with Crippen LogP contribution in [0.25, 0.3) is 0 Å². The second-order valence-electron chi connectivity index (χ2n) is 8.83. The maximum Gasteiger partial charge on any atom is 0.226 e. The molecule has 0 unspecified atom stereocenters. The summed E-state index contributed by atoms with van der Waals surface area (Å²) in [6.45, 7) is 0.580. The van der Waals surface area contributed by atoms with Crippen LogP contribution in [0.5, 0.6) is 5.75 Å². The Balaban J connectivity index is 1.19. The van der Waals surface area contributed by atoms with Crippen molar-refractivity contribution in [3.8, 4) is 5.75 Å². The van der Waals surface area contributed by atoms with E-state index in [2.05, 4.69) is 10.6 Å². The summed E-state index contributed by atoms with van der Waals surface area (Å²) in [5.74, 6) is 3.31. The van der Waals surface area contributed by atoms with Crippen molar-refractivity contribution in [2.75, 3.05) is 19.0 Å². The maximum absolute atomic E-state index is 12.9. The summed E-state index contributed by atoms with van der Waals surface area (Å²) in [6, 6.07) is 7.29. The molecular weight excluding hydrogens is 340 g/mol. The Labute approximate surface area is 161 Å². The molecule has 4 saturated carbocycles. The highest BCUT2D eigenvalue weighted by atomic mass is 16.5. The first-order valence-corrected chi connectivity index (χ1v) is 10.3. The van der Waals surface area contributed by atoms with Crippen LogP contribution in [0.1, 0.15) is 51.4 Å². The third-order valence-corrected chi connectivity index (χ3v) is 6.76. The molecule has 27 heavy (non-hydrogen) atoms. The van der Waals surface area contributed by atoms with Crippen molar-refractivity contribution >= 4 is 17.5 Å². The predicted molar refractivity (Wildman–Crippen MR) is 104 cm³/mol. The minimum Gasteiger partial charge on any atom is -0.497 e. The highest BCUT2D eigenvalue weighted by Crippen LogP contribution is 2.60. The number of hydrogen-bond acceptors (Lipinski definition) is 3. The molecule has 4 bridgehead atoms. The van der Waals surface area contributed by atoms with E-state index >= 15 is 0 Å². The highest BCUT2D eigenvalue weighted by Gasteiger charge is 2.54. The number of methoxy groups -OCH3 is 1. The third-order valence-electron chi connectivity index (χ3n) is 6.76. The van der Waals surface area contributed by atoms with E-state index in [1.165, 1.54) is 19.3 Å². The molecule has 0 heterocycles. The van der Waals surface area contributed by atoms with Crippen LogP contribution in [0, 0.1) is 23.2 Å². The average Bonchev–Trinajstić information content (AvgIpc) is 2.64. The average molecular weight is 370 g/mol. The van der Waals surface area contributed by atoms with Gasteiger partial charge in [0.1, 0.15) is 5.75 Å². The van der Waals surface area contributed by atoms with Crippen molar-refractivity contribution in [2.45, 2.75) is 51.4 Å². The smallest absolute Gasteiger partial charge is 0.226 e. The topological polar surface area (TPSA) is 67.4 Å². The lowest BCUT2D eigenvalue weighted by atomic mass is 9.49. The summed E-state index contributed by atoms with van der Waals surface area (Å²) in [5.41, 5.74) is 0.665. The SMILES string of the molecule is COc1ccc(NC(=O)CCCNC(=O)C23CC4CC(CC(C4)C2)C3)cc1. The second-order valence-corrected chi connectivity index (χ2v) is 8.83. The largest absolute Gasteiger partial charge is 0.497 e. The fraction of sp³-hybridized carbons (Fsp3) is 0.636. The lowest BCUT2D eigenvalue weighted by molar-refractivity contribution is -0.146. The molecule has 2 N–H and O–H groups in total. The number of ether oxygens (including phenoxy) is 1. The van der Waals surface area contributed by atoms with Crippen LogP contribution in [0.4, 0.5) is 5.69 Å². The summed E-state index contributed by atoms with van der Waals surface area (Å²) >= 11 is 0. The van der Waals surface area contributed by atoms with Crippen LogP contribution >= 0.6 is 0 Å². The van der Waals surface area contributed by atoms with Gasteiger partial charge < -0.3 is 15.4 Å². The fourth-order valence-corrected chi connectivity index (χ4v) is 5.92. The van der Waals surface area contributed by atoms with Crippen LogP contribution < -0.4 is 15.4 Å². The monoisotopic (exact) mass is 370 g/mol. The summed E-state index contributed by atoms with van der Waals surface area (Å²) in [5, 5.41) is 6.02. The van der Waals surface area contributed by atoms with Crippen molar-refractivity contribution in [1.82, 2.24) is 5.32 Å². The highest BCUT2D eigenvalue weighted by molar-refractivity contribution is 5.90. The molecule has 5 nitrogen and oxygen atoms in total. The van der Waals surface area contributed by atoms with Gasteiger partial charge in [0.15, 0.2) is 0 Å². The number of nitrogens with one attached hydrogen (secondary N) is 2. The minimum atomic E-state index is -0.0971. The standard InChI is InChI=1S/C22H30N2O3/c1-27-19-6-4-18(5-7-19)24-20(25)3-2-8-23-21(26)22-12-15-9-16(13-22)11-17(10-15)14-22/h4-7,15-17H,2-3,8-14H2,1H3,(H,23,26)(H,24,25). The molecule has 4 aliphatic rings. The number of carbonyl (C=O) groups excluding carboxylic acids is 2. The van der Waals surface area contributed by atoms with Gasteiger partial charge >= 0.3 is 0 Å². The van der Waals surface area contributed by atoms with Crippen molar-refractivity contribution in [1.29, 1.82) is 0 Å². The summed E-state index contributed by atoms with van der Waals surface area (Å²) in [7, 11) is 1.62. The van der Waals surface area contributed by atoms with E-state index in [1.807, 2.05) is 24.3 Å². The van der Waals surface area contributed by atoms with Gasteiger partial charge in [0.05, 0.1) is 7.11 Å². The first kappa shape index (κ1) is 18.3. The number of carbonyl (C=O) groups is 2. The van der Waals surface area contributed by atoms with Gasteiger partial charge in [0, 0.05) is 24.1 Å². The van der Waals surface area contributed by atoms with Crippen molar-refractivity contribution < 1.29 is 14.3 Å². The molecule has 5 rings (SSSR count). The molecule has 0 atom stereocenters. The Bertz CT molecular complexity index is 663. The van der Waals surface area contributed by atoms with Crippen LogP contribution in [-0.2, 0) is 9.59 Å².